The molecule has 28 heavy (non-hydrogen) atoms. The monoisotopic (exact) mass is 401 g/mol. The minimum Gasteiger partial charge on any atom is -0.384 e. The molecular formula is C20H23N3O4S. The number of nitrogens with one attached hydrogen (secondary N) is 2. The summed E-state index contributed by atoms with van der Waals surface area (Å²) in [6.45, 7) is 4.46. The molecule has 0 spiro atoms. The number of amides is 1. The summed E-state index contributed by atoms with van der Waals surface area (Å²) in [7, 11) is -3.49. The number of benzene rings is 2. The van der Waals surface area contributed by atoms with Crippen molar-refractivity contribution in [1.29, 1.82) is 5.26 Å². The first kappa shape index (κ1) is 21.6. The van der Waals surface area contributed by atoms with E-state index in [1.165, 1.54) is 13.0 Å². The van der Waals surface area contributed by atoms with Gasteiger partial charge in [-0.1, -0.05) is 18.2 Å². The highest BCUT2D eigenvalue weighted by molar-refractivity contribution is 7.90. The second kappa shape index (κ2) is 8.52. The van der Waals surface area contributed by atoms with Gasteiger partial charge in [-0.3, -0.25) is 4.79 Å². The van der Waals surface area contributed by atoms with Gasteiger partial charge in [0.25, 0.3) is 5.91 Å². The highest BCUT2D eigenvalue weighted by Crippen LogP contribution is 2.22. The van der Waals surface area contributed by atoms with E-state index in [9.17, 15) is 18.3 Å². The second-order valence-corrected chi connectivity index (χ2v) is 9.23. The van der Waals surface area contributed by atoms with Crippen LogP contribution in [0.1, 0.15) is 42.3 Å². The van der Waals surface area contributed by atoms with Crippen LogP contribution in [0.2, 0.25) is 0 Å². The molecule has 2 rings (SSSR count). The van der Waals surface area contributed by atoms with Crippen LogP contribution in [-0.2, 0) is 15.6 Å². The molecule has 0 fully saturated rings. The van der Waals surface area contributed by atoms with Gasteiger partial charge in [-0.2, -0.15) is 5.26 Å². The number of carbonyl (C=O) groups excluding carboxylic acids is 1. The lowest BCUT2D eigenvalue weighted by atomic mass is 9.96. The van der Waals surface area contributed by atoms with Crippen LogP contribution in [0, 0.1) is 11.3 Å². The van der Waals surface area contributed by atoms with Gasteiger partial charge in [0, 0.05) is 17.8 Å². The van der Waals surface area contributed by atoms with Gasteiger partial charge >= 0.3 is 0 Å². The highest BCUT2D eigenvalue weighted by atomic mass is 32.2. The Kier molecular flexibility index (Phi) is 6.56. The first-order valence-corrected chi connectivity index (χ1v) is 10.2. The van der Waals surface area contributed by atoms with Crippen LogP contribution in [-0.4, -0.2) is 31.2 Å². The Morgan fingerprint density at radius 2 is 1.86 bits per heavy atom. The number of hydrogen-bond donors (Lipinski definition) is 3. The van der Waals surface area contributed by atoms with Gasteiger partial charge in [0.05, 0.1) is 16.9 Å². The Morgan fingerprint density at radius 1 is 1.21 bits per heavy atom. The van der Waals surface area contributed by atoms with Gasteiger partial charge in [-0.05, 0) is 56.7 Å². The third-order valence-electron chi connectivity index (χ3n) is 4.26. The fraction of sp³-hybridized carbons (Fsp3) is 0.300. The SMILES string of the molecule is CC(C)S(=O)(=O)NCC(C)(O)c1ccc(NC(=O)c2cccc(C#N)c2)cc1. The van der Waals surface area contributed by atoms with Gasteiger partial charge < -0.3 is 10.4 Å². The van der Waals surface area contributed by atoms with Crippen LogP contribution in [0.15, 0.2) is 48.5 Å². The molecule has 7 nitrogen and oxygen atoms in total. The summed E-state index contributed by atoms with van der Waals surface area (Å²) in [5.74, 6) is -0.360. The lowest BCUT2D eigenvalue weighted by molar-refractivity contribution is 0.0627. The first-order valence-electron chi connectivity index (χ1n) is 8.68. The number of nitriles is 1. The quantitative estimate of drug-likeness (QED) is 0.658. The fourth-order valence-corrected chi connectivity index (χ4v) is 3.17. The minimum atomic E-state index is -3.49. The molecule has 0 heterocycles. The highest BCUT2D eigenvalue weighted by Gasteiger charge is 2.26. The molecule has 0 aliphatic rings. The molecule has 2 aromatic rings. The Bertz CT molecular complexity index is 991. The zero-order valence-electron chi connectivity index (χ0n) is 15.9. The summed E-state index contributed by atoms with van der Waals surface area (Å²) in [5.41, 5.74) is 0.352. The van der Waals surface area contributed by atoms with Crippen LogP contribution in [0.4, 0.5) is 5.69 Å². The summed E-state index contributed by atoms with van der Waals surface area (Å²) in [6.07, 6.45) is 0. The van der Waals surface area contributed by atoms with E-state index in [0.29, 0.717) is 22.4 Å². The predicted octanol–water partition coefficient (Wildman–Crippen LogP) is 2.35. The zero-order chi connectivity index (χ0) is 20.9. The molecule has 1 amide bonds. The maximum absolute atomic E-state index is 12.3. The molecule has 0 bridgehead atoms. The van der Waals surface area contributed by atoms with Crippen molar-refractivity contribution in [3.05, 3.63) is 65.2 Å². The first-order chi connectivity index (χ1) is 13.0. The normalized spacial score (nSPS) is 13.6. The van der Waals surface area contributed by atoms with Crippen molar-refractivity contribution >= 4 is 21.6 Å². The van der Waals surface area contributed by atoms with E-state index < -0.39 is 20.9 Å². The van der Waals surface area contributed by atoms with Crippen molar-refractivity contribution in [3.8, 4) is 6.07 Å². The molecule has 1 unspecified atom stereocenters. The van der Waals surface area contributed by atoms with E-state index >= 15 is 0 Å². The maximum Gasteiger partial charge on any atom is 0.255 e. The molecule has 8 heteroatoms. The lowest BCUT2D eigenvalue weighted by Gasteiger charge is -2.25. The van der Waals surface area contributed by atoms with E-state index in [-0.39, 0.29) is 12.5 Å². The number of sulfonamides is 1. The van der Waals surface area contributed by atoms with E-state index in [1.54, 1.807) is 56.3 Å². The molecule has 148 valence electrons. The third-order valence-corrected chi connectivity index (χ3v) is 6.04. The topological polar surface area (TPSA) is 119 Å². The Morgan fingerprint density at radius 3 is 2.43 bits per heavy atom. The molecule has 0 aliphatic carbocycles. The molecular weight excluding hydrogens is 378 g/mol. The van der Waals surface area contributed by atoms with Gasteiger partial charge in [0.1, 0.15) is 5.60 Å². The van der Waals surface area contributed by atoms with Crippen LogP contribution < -0.4 is 10.0 Å². The van der Waals surface area contributed by atoms with Gasteiger partial charge in [-0.15, -0.1) is 0 Å². The number of rotatable bonds is 7. The molecule has 0 saturated heterocycles. The Balaban J connectivity index is 2.08. The van der Waals surface area contributed by atoms with E-state index in [1.807, 2.05) is 6.07 Å². The summed E-state index contributed by atoms with van der Waals surface area (Å²) in [6, 6.07) is 14.8. The predicted molar refractivity (Wildman–Crippen MR) is 107 cm³/mol. The van der Waals surface area contributed by atoms with E-state index in [4.69, 9.17) is 5.26 Å². The molecule has 3 N–H and O–H groups in total. The largest absolute Gasteiger partial charge is 0.384 e. The number of hydrogen-bond acceptors (Lipinski definition) is 5. The van der Waals surface area contributed by atoms with Crippen molar-refractivity contribution in [2.45, 2.75) is 31.6 Å². The number of anilines is 1. The van der Waals surface area contributed by atoms with Crippen LogP contribution in [0.25, 0.3) is 0 Å². The van der Waals surface area contributed by atoms with Gasteiger partial charge in [0.2, 0.25) is 10.0 Å². The molecule has 1 atom stereocenters. The number of carbonyl (C=O) groups is 1. The Hall–Kier alpha value is -2.73. The standard InChI is InChI=1S/C20H23N3O4S/c1-14(2)28(26,27)22-13-20(3,25)17-7-9-18(10-8-17)23-19(24)16-6-4-5-15(11-16)12-21/h4-11,14,22,25H,13H2,1-3H3,(H,23,24). The molecule has 2 aromatic carbocycles. The van der Waals surface area contributed by atoms with Crippen molar-refractivity contribution in [2.75, 3.05) is 11.9 Å². The average Bonchev–Trinajstić information content (AvgIpc) is 2.67. The van der Waals surface area contributed by atoms with Crippen molar-refractivity contribution in [2.24, 2.45) is 0 Å². The van der Waals surface area contributed by atoms with Gasteiger partial charge in [-0.25, -0.2) is 13.1 Å². The Labute approximate surface area is 165 Å². The maximum atomic E-state index is 12.3. The third kappa shape index (κ3) is 5.39. The van der Waals surface area contributed by atoms with E-state index in [2.05, 4.69) is 10.0 Å². The summed E-state index contributed by atoms with van der Waals surface area (Å²) < 4.78 is 26.2. The van der Waals surface area contributed by atoms with Crippen molar-refractivity contribution in [3.63, 3.8) is 0 Å². The van der Waals surface area contributed by atoms with Crippen LogP contribution in [0.3, 0.4) is 0 Å². The van der Waals surface area contributed by atoms with E-state index in [0.717, 1.165) is 0 Å². The summed E-state index contributed by atoms with van der Waals surface area (Å²) in [5, 5.41) is 21.6. The zero-order valence-corrected chi connectivity index (χ0v) is 16.7. The van der Waals surface area contributed by atoms with Crippen LogP contribution in [0.5, 0.6) is 0 Å². The van der Waals surface area contributed by atoms with Crippen molar-refractivity contribution in [1.82, 2.24) is 4.72 Å². The smallest absolute Gasteiger partial charge is 0.255 e. The fourth-order valence-electron chi connectivity index (χ4n) is 2.36. The van der Waals surface area contributed by atoms with Crippen LogP contribution >= 0.6 is 0 Å². The number of nitrogens with zero attached hydrogens (tertiary/aromatic N) is 1. The summed E-state index contributed by atoms with van der Waals surface area (Å²) in [4.78, 5) is 12.3. The summed E-state index contributed by atoms with van der Waals surface area (Å²) >= 11 is 0. The lowest BCUT2D eigenvalue weighted by Crippen LogP contribution is -2.41. The molecule has 0 saturated carbocycles. The number of aliphatic hydroxyl groups is 1. The van der Waals surface area contributed by atoms with Crippen molar-refractivity contribution < 1.29 is 18.3 Å². The van der Waals surface area contributed by atoms with Gasteiger partial charge in [0.15, 0.2) is 0 Å². The second-order valence-electron chi connectivity index (χ2n) is 6.91. The molecule has 0 aromatic heterocycles. The molecule has 0 radical (unpaired) electrons. The minimum absolute atomic E-state index is 0.166. The molecule has 0 aliphatic heterocycles. The average molecular weight is 401 g/mol.